The van der Waals surface area contributed by atoms with Gasteiger partial charge in [0.15, 0.2) is 23.0 Å². The summed E-state index contributed by atoms with van der Waals surface area (Å²) in [7, 11) is 0. The highest BCUT2D eigenvalue weighted by Crippen LogP contribution is 2.44. The summed E-state index contributed by atoms with van der Waals surface area (Å²) in [6, 6.07) is 22.4. The summed E-state index contributed by atoms with van der Waals surface area (Å²) in [5.74, 6) is 0.575. The van der Waals surface area contributed by atoms with E-state index in [0.29, 0.717) is 66.3 Å². The van der Waals surface area contributed by atoms with Gasteiger partial charge in [-0.2, -0.15) is 0 Å². The van der Waals surface area contributed by atoms with E-state index < -0.39 is 17.7 Å². The lowest BCUT2D eigenvalue weighted by atomic mass is 9.94. The van der Waals surface area contributed by atoms with Gasteiger partial charge in [0.2, 0.25) is 0 Å². The number of benzene rings is 3. The van der Waals surface area contributed by atoms with E-state index >= 15 is 0 Å². The summed E-state index contributed by atoms with van der Waals surface area (Å²) in [5, 5.41) is 11.5. The first kappa shape index (κ1) is 27.0. The quantitative estimate of drug-likeness (QED) is 0.157. The Morgan fingerprint density at radius 1 is 0.905 bits per heavy atom. The molecule has 0 spiro atoms. The van der Waals surface area contributed by atoms with Crippen LogP contribution in [-0.4, -0.2) is 41.5 Å². The number of rotatable bonds is 9. The number of aliphatic hydroxyl groups excluding tert-OH is 1. The van der Waals surface area contributed by atoms with E-state index in [1.54, 1.807) is 48.5 Å². The topological polar surface area (TPSA) is 108 Å². The maximum atomic E-state index is 13.5. The average Bonchev–Trinajstić information content (AvgIpc) is 3.63. The van der Waals surface area contributed by atoms with E-state index in [9.17, 15) is 14.7 Å². The van der Waals surface area contributed by atoms with Crippen molar-refractivity contribution in [3.8, 4) is 23.0 Å². The van der Waals surface area contributed by atoms with Gasteiger partial charge in [-0.3, -0.25) is 9.59 Å². The predicted octanol–water partition coefficient (Wildman–Crippen LogP) is 5.65. The van der Waals surface area contributed by atoms with E-state index in [1.807, 2.05) is 37.3 Å². The summed E-state index contributed by atoms with van der Waals surface area (Å²) in [6.45, 7) is 3.37. The molecule has 1 N–H and O–H groups in total. The largest absolute Gasteiger partial charge is 0.507 e. The number of ether oxygens (including phenoxy) is 4. The first-order valence-electron chi connectivity index (χ1n) is 13.7. The molecule has 1 aromatic heterocycles. The lowest BCUT2D eigenvalue weighted by Crippen LogP contribution is -2.29. The second-order valence-corrected chi connectivity index (χ2v) is 9.78. The van der Waals surface area contributed by atoms with E-state index in [-0.39, 0.29) is 17.9 Å². The molecule has 2 aliphatic heterocycles. The van der Waals surface area contributed by atoms with Gasteiger partial charge in [0.05, 0.1) is 31.0 Å². The zero-order valence-electron chi connectivity index (χ0n) is 22.9. The number of Topliss-reactive ketones (excluding diaryl/α,β-unsaturated/α-hetero) is 1. The summed E-state index contributed by atoms with van der Waals surface area (Å²) < 4.78 is 28.8. The molecule has 1 atom stereocenters. The molecule has 3 heterocycles. The maximum absolute atomic E-state index is 13.5. The fraction of sp³-hybridized carbons (Fsp3) is 0.212. The number of furan rings is 1. The van der Waals surface area contributed by atoms with E-state index in [0.717, 1.165) is 5.56 Å². The molecule has 214 valence electrons. The van der Waals surface area contributed by atoms with Gasteiger partial charge in [-0.25, -0.2) is 0 Å². The fourth-order valence-electron chi connectivity index (χ4n) is 5.12. The maximum Gasteiger partial charge on any atom is 0.296 e. The number of hydrogen-bond acceptors (Lipinski definition) is 8. The summed E-state index contributed by atoms with van der Waals surface area (Å²) in [6.07, 6.45) is 1.50. The zero-order chi connectivity index (χ0) is 29.1. The number of aliphatic hydroxyl groups is 1. The minimum absolute atomic E-state index is 0.0242. The van der Waals surface area contributed by atoms with E-state index in [4.69, 9.17) is 23.4 Å². The predicted molar refractivity (Wildman–Crippen MR) is 152 cm³/mol. The Morgan fingerprint density at radius 3 is 2.48 bits per heavy atom. The molecule has 42 heavy (non-hydrogen) atoms. The lowest BCUT2D eigenvalue weighted by Gasteiger charge is -2.25. The van der Waals surface area contributed by atoms with Crippen LogP contribution in [0.5, 0.6) is 23.0 Å². The number of carbonyl (C=O) groups excluding carboxylic acids is 2. The first-order chi connectivity index (χ1) is 20.5. The highest BCUT2D eigenvalue weighted by molar-refractivity contribution is 6.46. The number of nitrogens with zero attached hydrogens (tertiary/aromatic N) is 1. The molecule has 3 aromatic carbocycles. The molecule has 0 unspecified atom stereocenters. The molecule has 0 aliphatic carbocycles. The molecule has 0 bridgehead atoms. The van der Waals surface area contributed by atoms with Crippen LogP contribution in [0.1, 0.15) is 35.4 Å². The van der Waals surface area contributed by atoms with Crippen LogP contribution in [0, 0.1) is 0 Å². The number of fused-ring (bicyclic) bond motifs is 1. The summed E-state index contributed by atoms with van der Waals surface area (Å²) >= 11 is 0. The van der Waals surface area contributed by atoms with Gasteiger partial charge in [-0.1, -0.05) is 36.4 Å². The average molecular weight is 568 g/mol. The fourth-order valence-corrected chi connectivity index (χ4v) is 5.12. The lowest BCUT2D eigenvalue weighted by molar-refractivity contribution is -0.140. The van der Waals surface area contributed by atoms with Crippen molar-refractivity contribution >= 4 is 17.4 Å². The Kier molecular flexibility index (Phi) is 7.55. The van der Waals surface area contributed by atoms with Crippen molar-refractivity contribution in [2.45, 2.75) is 26.1 Å². The van der Waals surface area contributed by atoms with E-state index in [2.05, 4.69) is 0 Å². The molecule has 1 amide bonds. The van der Waals surface area contributed by atoms with Crippen LogP contribution in [0.2, 0.25) is 0 Å². The third kappa shape index (κ3) is 5.28. The molecule has 0 saturated carbocycles. The zero-order valence-corrected chi connectivity index (χ0v) is 22.9. The third-order valence-electron chi connectivity index (χ3n) is 7.08. The smallest absolute Gasteiger partial charge is 0.296 e. The Balaban J connectivity index is 1.42. The van der Waals surface area contributed by atoms with Gasteiger partial charge < -0.3 is 33.4 Å². The number of hydrogen-bond donors (Lipinski definition) is 1. The molecule has 9 heteroatoms. The molecule has 0 radical (unpaired) electrons. The highest BCUT2D eigenvalue weighted by Gasteiger charge is 2.46. The number of likely N-dealkylation sites (tertiary alicyclic amines) is 1. The first-order valence-corrected chi connectivity index (χ1v) is 13.7. The van der Waals surface area contributed by atoms with Crippen LogP contribution in [0.15, 0.2) is 95.1 Å². The molecular formula is C33H29NO8. The molecule has 1 saturated heterocycles. The standard InChI is InChI=1S/C33H29NO8/c1-2-38-27-17-22(10-12-26(27)42-20-21-7-4-3-5-8-21)30-29(32(36)33(37)34(30)19-24-9-6-14-39-24)31(35)23-11-13-25-28(18-23)41-16-15-40-25/h3-14,17-18,30,35H,2,15-16,19-20H2,1H3/b31-29+/t30-/m1/s1. The van der Waals surface area contributed by atoms with Crippen LogP contribution in [0.3, 0.4) is 0 Å². The molecular weight excluding hydrogens is 538 g/mol. The molecule has 6 rings (SSSR count). The molecule has 2 aliphatic rings. The Bertz CT molecular complexity index is 1630. The van der Waals surface area contributed by atoms with Crippen molar-refractivity contribution in [1.82, 2.24) is 4.90 Å². The highest BCUT2D eigenvalue weighted by atomic mass is 16.6. The molecule has 1 fully saturated rings. The van der Waals surface area contributed by atoms with Gasteiger partial charge in [0.1, 0.15) is 31.3 Å². The van der Waals surface area contributed by atoms with Gasteiger partial charge >= 0.3 is 0 Å². The SMILES string of the molecule is CCOc1cc([C@@H]2/C(=C(\O)c3ccc4c(c3)OCCO4)C(=O)C(=O)N2Cc2ccco2)ccc1OCc1ccccc1. The Labute approximate surface area is 242 Å². The van der Waals surface area contributed by atoms with Crippen LogP contribution >= 0.6 is 0 Å². The van der Waals surface area contributed by atoms with Crippen molar-refractivity contribution in [1.29, 1.82) is 0 Å². The monoisotopic (exact) mass is 567 g/mol. The second kappa shape index (κ2) is 11.7. The van der Waals surface area contributed by atoms with Crippen LogP contribution in [0.4, 0.5) is 0 Å². The summed E-state index contributed by atoms with van der Waals surface area (Å²) in [4.78, 5) is 28.3. The van der Waals surface area contributed by atoms with Gasteiger partial charge in [0.25, 0.3) is 11.7 Å². The van der Waals surface area contributed by atoms with Crippen molar-refractivity contribution in [3.05, 3.63) is 113 Å². The van der Waals surface area contributed by atoms with Crippen molar-refractivity contribution in [2.75, 3.05) is 19.8 Å². The van der Waals surface area contributed by atoms with Crippen molar-refractivity contribution < 1.29 is 38.1 Å². The Hall–Kier alpha value is -5.18. The third-order valence-corrected chi connectivity index (χ3v) is 7.08. The normalized spacial score (nSPS) is 17.4. The van der Waals surface area contributed by atoms with E-state index in [1.165, 1.54) is 11.2 Å². The number of carbonyl (C=O) groups is 2. The van der Waals surface area contributed by atoms with Crippen LogP contribution < -0.4 is 18.9 Å². The Morgan fingerprint density at radius 2 is 1.71 bits per heavy atom. The van der Waals surface area contributed by atoms with Crippen molar-refractivity contribution in [3.63, 3.8) is 0 Å². The van der Waals surface area contributed by atoms with Crippen LogP contribution in [0.25, 0.3) is 5.76 Å². The minimum Gasteiger partial charge on any atom is -0.507 e. The van der Waals surface area contributed by atoms with Gasteiger partial charge in [0, 0.05) is 5.56 Å². The molecule has 9 nitrogen and oxygen atoms in total. The number of ketones is 1. The van der Waals surface area contributed by atoms with Crippen molar-refractivity contribution in [2.24, 2.45) is 0 Å². The molecule has 4 aromatic rings. The summed E-state index contributed by atoms with van der Waals surface area (Å²) in [5.41, 5.74) is 1.84. The second-order valence-electron chi connectivity index (χ2n) is 9.78. The van der Waals surface area contributed by atoms with Gasteiger partial charge in [-0.15, -0.1) is 0 Å². The number of amides is 1. The minimum atomic E-state index is -0.925. The van der Waals surface area contributed by atoms with Crippen LogP contribution in [-0.2, 0) is 22.7 Å². The van der Waals surface area contributed by atoms with Gasteiger partial charge in [-0.05, 0) is 60.5 Å².